The number of ether oxygens (including phenoxy) is 1. The van der Waals surface area contributed by atoms with E-state index in [1.807, 2.05) is 56.3 Å². The number of aryl methyl sites for hydroxylation is 1. The van der Waals surface area contributed by atoms with Gasteiger partial charge in [0, 0.05) is 26.2 Å². The molecular weight excluding hydrogens is 467 g/mol. The van der Waals surface area contributed by atoms with Crippen molar-refractivity contribution in [2.75, 3.05) is 20.6 Å². The van der Waals surface area contributed by atoms with E-state index in [-0.39, 0.29) is 36.0 Å². The highest BCUT2D eigenvalue weighted by atomic mass is 127. The van der Waals surface area contributed by atoms with E-state index in [0.717, 1.165) is 11.3 Å². The minimum Gasteiger partial charge on any atom is -0.489 e. The molecule has 0 saturated carbocycles. The fourth-order valence-corrected chi connectivity index (χ4v) is 2.58. The minimum absolute atomic E-state index is 0. The number of amides is 1. The molecule has 0 spiro atoms. The molecule has 0 aliphatic rings. The van der Waals surface area contributed by atoms with Gasteiger partial charge in [-0.15, -0.1) is 24.0 Å². The van der Waals surface area contributed by atoms with Gasteiger partial charge >= 0.3 is 0 Å². The summed E-state index contributed by atoms with van der Waals surface area (Å²) in [6.07, 6.45) is -0.0121. The maximum atomic E-state index is 11.7. The van der Waals surface area contributed by atoms with Crippen molar-refractivity contribution in [1.82, 2.24) is 16.0 Å². The van der Waals surface area contributed by atoms with Crippen LogP contribution in [0.4, 0.5) is 0 Å². The number of nitrogens with one attached hydrogen (secondary N) is 3. The molecule has 0 aliphatic heterocycles. The highest BCUT2D eigenvalue weighted by Gasteiger charge is 2.07. The molecule has 6 nitrogen and oxygen atoms in total. The molecule has 1 atom stereocenters. The average Bonchev–Trinajstić information content (AvgIpc) is 2.67. The molecule has 0 aliphatic carbocycles. The number of hydrogen-bond acceptors (Lipinski definition) is 3. The molecule has 0 aromatic heterocycles. The van der Waals surface area contributed by atoms with Crippen molar-refractivity contribution in [3.8, 4) is 5.75 Å². The van der Waals surface area contributed by atoms with Gasteiger partial charge in [-0.2, -0.15) is 0 Å². The second kappa shape index (κ2) is 12.2. The third-order valence-corrected chi connectivity index (χ3v) is 3.98. The van der Waals surface area contributed by atoms with Crippen LogP contribution in [0, 0.1) is 6.92 Å². The van der Waals surface area contributed by atoms with E-state index in [1.54, 1.807) is 20.2 Å². The largest absolute Gasteiger partial charge is 0.489 e. The molecule has 0 saturated heterocycles. The monoisotopic (exact) mass is 496 g/mol. The van der Waals surface area contributed by atoms with Crippen LogP contribution in [-0.2, 0) is 6.54 Å². The summed E-state index contributed by atoms with van der Waals surface area (Å²) in [4.78, 5) is 16.0. The molecule has 1 unspecified atom stereocenters. The summed E-state index contributed by atoms with van der Waals surface area (Å²) in [7, 11) is 3.35. The van der Waals surface area contributed by atoms with Gasteiger partial charge in [-0.25, -0.2) is 0 Å². The van der Waals surface area contributed by atoms with Gasteiger partial charge in [0.15, 0.2) is 5.96 Å². The zero-order chi connectivity index (χ0) is 19.6. The van der Waals surface area contributed by atoms with Crippen molar-refractivity contribution in [2.45, 2.75) is 26.5 Å². The van der Waals surface area contributed by atoms with Crippen molar-refractivity contribution < 1.29 is 9.53 Å². The molecule has 2 aromatic rings. The van der Waals surface area contributed by atoms with Crippen LogP contribution in [0.15, 0.2) is 53.5 Å². The first-order valence-electron chi connectivity index (χ1n) is 9.00. The van der Waals surface area contributed by atoms with Crippen molar-refractivity contribution in [1.29, 1.82) is 0 Å². The Bertz CT molecular complexity index is 795. The van der Waals surface area contributed by atoms with Crippen molar-refractivity contribution in [3.63, 3.8) is 0 Å². The maximum absolute atomic E-state index is 11.7. The van der Waals surface area contributed by atoms with Crippen LogP contribution in [0.2, 0.25) is 0 Å². The highest BCUT2D eigenvalue weighted by Crippen LogP contribution is 2.13. The summed E-state index contributed by atoms with van der Waals surface area (Å²) < 4.78 is 5.92. The average molecular weight is 496 g/mol. The second-order valence-electron chi connectivity index (χ2n) is 6.33. The number of benzene rings is 2. The predicted octanol–water partition coefficient (Wildman–Crippen LogP) is 3.11. The molecule has 2 aromatic carbocycles. The molecule has 152 valence electrons. The molecule has 0 fully saturated rings. The lowest BCUT2D eigenvalue weighted by atomic mass is 10.1. The standard InChI is InChI=1S/C21H28N4O2.HI/c1-15-7-5-10-19(11-15)27-16(2)13-24-21(23-4)25-14-17-8-6-9-18(12-17)20(26)22-3;/h5-12,16H,13-14H2,1-4H3,(H,22,26)(H2,23,24,25);1H. The third kappa shape index (κ3) is 7.75. The zero-order valence-electron chi connectivity index (χ0n) is 16.8. The van der Waals surface area contributed by atoms with Crippen LogP contribution in [0.25, 0.3) is 0 Å². The van der Waals surface area contributed by atoms with Crippen LogP contribution in [0.3, 0.4) is 0 Å². The Hall–Kier alpha value is -2.29. The summed E-state index contributed by atoms with van der Waals surface area (Å²) in [5, 5.41) is 9.14. The van der Waals surface area contributed by atoms with Gasteiger partial charge in [-0.05, 0) is 49.2 Å². The summed E-state index contributed by atoms with van der Waals surface area (Å²) in [6.45, 7) is 5.24. The normalized spacial score (nSPS) is 11.8. The van der Waals surface area contributed by atoms with E-state index < -0.39 is 0 Å². The Labute approximate surface area is 184 Å². The van der Waals surface area contributed by atoms with E-state index >= 15 is 0 Å². The molecule has 28 heavy (non-hydrogen) atoms. The second-order valence-corrected chi connectivity index (χ2v) is 6.33. The van der Waals surface area contributed by atoms with E-state index in [2.05, 4.69) is 20.9 Å². The minimum atomic E-state index is -0.0959. The molecule has 0 bridgehead atoms. The number of rotatable bonds is 7. The Morgan fingerprint density at radius 1 is 1.14 bits per heavy atom. The lowest BCUT2D eigenvalue weighted by molar-refractivity contribution is 0.0963. The first-order chi connectivity index (χ1) is 13.0. The number of aliphatic imine (C=N–C) groups is 1. The van der Waals surface area contributed by atoms with Crippen molar-refractivity contribution in [3.05, 3.63) is 65.2 Å². The van der Waals surface area contributed by atoms with Crippen molar-refractivity contribution >= 4 is 35.8 Å². The van der Waals surface area contributed by atoms with Gasteiger partial charge in [0.2, 0.25) is 0 Å². The number of nitrogens with zero attached hydrogens (tertiary/aromatic N) is 1. The van der Waals surface area contributed by atoms with Gasteiger partial charge in [0.05, 0.1) is 6.54 Å². The van der Waals surface area contributed by atoms with Crippen molar-refractivity contribution in [2.24, 2.45) is 4.99 Å². The summed E-state index contributed by atoms with van der Waals surface area (Å²) >= 11 is 0. The Morgan fingerprint density at radius 3 is 2.57 bits per heavy atom. The molecular formula is C21H29IN4O2. The Kier molecular flexibility index (Phi) is 10.4. The number of carbonyl (C=O) groups excluding carboxylic acids is 1. The smallest absolute Gasteiger partial charge is 0.251 e. The van der Waals surface area contributed by atoms with Gasteiger partial charge in [-0.3, -0.25) is 9.79 Å². The van der Waals surface area contributed by atoms with Gasteiger partial charge in [-0.1, -0.05) is 24.3 Å². The van der Waals surface area contributed by atoms with Crippen LogP contribution in [0.1, 0.15) is 28.4 Å². The number of guanidine groups is 1. The fourth-order valence-electron chi connectivity index (χ4n) is 2.58. The molecule has 0 radical (unpaired) electrons. The molecule has 2 rings (SSSR count). The van der Waals surface area contributed by atoms with Crippen LogP contribution >= 0.6 is 24.0 Å². The topological polar surface area (TPSA) is 74.8 Å². The first kappa shape index (κ1) is 23.7. The first-order valence-corrected chi connectivity index (χ1v) is 9.00. The quantitative estimate of drug-likeness (QED) is 0.313. The van der Waals surface area contributed by atoms with Gasteiger partial charge in [0.25, 0.3) is 5.91 Å². The van der Waals surface area contributed by atoms with E-state index in [4.69, 9.17) is 4.74 Å². The van der Waals surface area contributed by atoms with Crippen LogP contribution in [0.5, 0.6) is 5.75 Å². The summed E-state index contributed by atoms with van der Waals surface area (Å²) in [5.41, 5.74) is 2.81. The lowest BCUT2D eigenvalue weighted by Gasteiger charge is -2.18. The molecule has 3 N–H and O–H groups in total. The maximum Gasteiger partial charge on any atom is 0.251 e. The molecule has 1 amide bonds. The van der Waals surface area contributed by atoms with E-state index in [0.29, 0.717) is 24.6 Å². The Balaban J connectivity index is 0.00000392. The zero-order valence-corrected chi connectivity index (χ0v) is 19.1. The number of halogens is 1. The number of hydrogen-bond donors (Lipinski definition) is 3. The van der Waals surface area contributed by atoms with Gasteiger partial charge < -0.3 is 20.7 Å². The Morgan fingerprint density at radius 2 is 1.89 bits per heavy atom. The summed E-state index contributed by atoms with van der Waals surface area (Å²) in [5.74, 6) is 1.44. The molecule has 7 heteroatoms. The van der Waals surface area contributed by atoms with Crippen LogP contribution in [-0.4, -0.2) is 38.6 Å². The van der Waals surface area contributed by atoms with Crippen LogP contribution < -0.4 is 20.7 Å². The highest BCUT2D eigenvalue weighted by molar-refractivity contribution is 14.0. The van der Waals surface area contributed by atoms with E-state index in [9.17, 15) is 4.79 Å². The predicted molar refractivity (Wildman–Crippen MR) is 125 cm³/mol. The SMILES string of the molecule is CN=C(NCc1cccc(C(=O)NC)c1)NCC(C)Oc1cccc(C)c1.I. The lowest BCUT2D eigenvalue weighted by Crippen LogP contribution is -2.41. The summed E-state index contributed by atoms with van der Waals surface area (Å²) in [6, 6.07) is 15.5. The van der Waals surface area contributed by atoms with Gasteiger partial charge in [0.1, 0.15) is 11.9 Å². The fraction of sp³-hybridized carbons (Fsp3) is 0.333. The number of carbonyl (C=O) groups is 1. The third-order valence-electron chi connectivity index (χ3n) is 3.98. The van der Waals surface area contributed by atoms with E-state index in [1.165, 1.54) is 5.56 Å². The molecule has 0 heterocycles.